The van der Waals surface area contributed by atoms with Crippen LogP contribution in [0.2, 0.25) is 0 Å². The summed E-state index contributed by atoms with van der Waals surface area (Å²) in [5.74, 6) is -1.13. The van der Waals surface area contributed by atoms with Crippen LogP contribution in [-0.4, -0.2) is 40.5 Å². The number of carbonyl (C=O) groups is 2. The number of ether oxygens (including phenoxy) is 2. The summed E-state index contributed by atoms with van der Waals surface area (Å²) in [6.07, 6.45) is 0.972. The SMILES string of the molecule is CCCCOC(=O)[C@H](Cc1ccc(O)c(O)c1)NC(=O)OC(C)(C)C. The first-order valence-electron chi connectivity index (χ1n) is 8.29. The quantitative estimate of drug-likeness (QED) is 0.395. The van der Waals surface area contributed by atoms with E-state index in [-0.39, 0.29) is 24.5 Å². The molecule has 1 aromatic carbocycles. The van der Waals surface area contributed by atoms with Gasteiger partial charge in [0.2, 0.25) is 0 Å². The highest BCUT2D eigenvalue weighted by Crippen LogP contribution is 2.25. The second-order valence-corrected chi connectivity index (χ2v) is 6.75. The van der Waals surface area contributed by atoms with Crippen molar-refractivity contribution < 1.29 is 29.3 Å². The first-order chi connectivity index (χ1) is 11.6. The molecule has 1 rings (SSSR count). The van der Waals surface area contributed by atoms with Crippen LogP contribution >= 0.6 is 0 Å². The number of esters is 1. The lowest BCUT2D eigenvalue weighted by molar-refractivity contribution is -0.146. The van der Waals surface area contributed by atoms with Gasteiger partial charge in [0.05, 0.1) is 6.61 Å². The Morgan fingerprint density at radius 1 is 1.20 bits per heavy atom. The van der Waals surface area contributed by atoms with E-state index < -0.39 is 23.7 Å². The second kappa shape index (κ2) is 9.15. The summed E-state index contributed by atoms with van der Waals surface area (Å²) in [5, 5.41) is 21.5. The van der Waals surface area contributed by atoms with Crippen LogP contribution in [0, 0.1) is 0 Å². The van der Waals surface area contributed by atoms with Crippen molar-refractivity contribution in [1.29, 1.82) is 0 Å². The van der Waals surface area contributed by atoms with Gasteiger partial charge in [-0.2, -0.15) is 0 Å². The van der Waals surface area contributed by atoms with Crippen LogP contribution in [0.1, 0.15) is 46.1 Å². The Morgan fingerprint density at radius 2 is 1.88 bits per heavy atom. The molecule has 0 aromatic heterocycles. The Labute approximate surface area is 147 Å². The first-order valence-corrected chi connectivity index (χ1v) is 8.29. The van der Waals surface area contributed by atoms with Gasteiger partial charge >= 0.3 is 12.1 Å². The monoisotopic (exact) mass is 353 g/mol. The highest BCUT2D eigenvalue weighted by molar-refractivity contribution is 5.81. The number of amides is 1. The molecule has 0 aliphatic heterocycles. The topological polar surface area (TPSA) is 105 Å². The number of phenolic OH excluding ortho intramolecular Hbond substituents is 2. The molecule has 0 saturated carbocycles. The van der Waals surface area contributed by atoms with Crippen molar-refractivity contribution in [3.05, 3.63) is 23.8 Å². The van der Waals surface area contributed by atoms with E-state index in [1.165, 1.54) is 12.1 Å². The van der Waals surface area contributed by atoms with Gasteiger partial charge in [0.25, 0.3) is 0 Å². The summed E-state index contributed by atoms with van der Waals surface area (Å²) < 4.78 is 10.4. The first kappa shape index (κ1) is 20.6. The molecule has 0 radical (unpaired) electrons. The lowest BCUT2D eigenvalue weighted by Gasteiger charge is -2.23. The Hall–Kier alpha value is -2.44. The van der Waals surface area contributed by atoms with Gasteiger partial charge in [-0.25, -0.2) is 9.59 Å². The number of unbranched alkanes of at least 4 members (excludes halogenated alkanes) is 1. The summed E-state index contributed by atoms with van der Waals surface area (Å²) in [5.41, 5.74) is -0.138. The fraction of sp³-hybridized carbons (Fsp3) is 0.556. The summed E-state index contributed by atoms with van der Waals surface area (Å²) in [7, 11) is 0. The van der Waals surface area contributed by atoms with Gasteiger partial charge in [0.15, 0.2) is 11.5 Å². The third-order valence-electron chi connectivity index (χ3n) is 3.20. The van der Waals surface area contributed by atoms with Crippen LogP contribution in [0.4, 0.5) is 4.79 Å². The molecule has 3 N–H and O–H groups in total. The Bertz CT molecular complexity index is 594. The second-order valence-electron chi connectivity index (χ2n) is 6.75. The summed E-state index contributed by atoms with van der Waals surface area (Å²) in [6, 6.07) is 3.24. The fourth-order valence-corrected chi connectivity index (χ4v) is 1.99. The Morgan fingerprint density at radius 3 is 2.44 bits per heavy atom. The number of hydrogen-bond donors (Lipinski definition) is 3. The predicted molar refractivity (Wildman–Crippen MR) is 92.5 cm³/mol. The summed E-state index contributed by atoms with van der Waals surface area (Å²) in [4.78, 5) is 24.3. The molecule has 0 aliphatic rings. The van der Waals surface area contributed by atoms with E-state index in [2.05, 4.69) is 5.32 Å². The van der Waals surface area contributed by atoms with Gasteiger partial charge in [-0.1, -0.05) is 19.4 Å². The molecule has 7 nitrogen and oxygen atoms in total. The molecule has 25 heavy (non-hydrogen) atoms. The van der Waals surface area contributed by atoms with E-state index in [9.17, 15) is 19.8 Å². The van der Waals surface area contributed by atoms with Crippen LogP contribution in [-0.2, 0) is 20.7 Å². The molecule has 140 valence electrons. The number of alkyl carbamates (subject to hydrolysis) is 1. The van der Waals surface area contributed by atoms with Crippen LogP contribution in [0.15, 0.2) is 18.2 Å². The molecular formula is C18H27NO6. The third-order valence-corrected chi connectivity index (χ3v) is 3.20. The zero-order valence-electron chi connectivity index (χ0n) is 15.2. The van der Waals surface area contributed by atoms with Gasteiger partial charge in [0.1, 0.15) is 11.6 Å². The molecule has 0 unspecified atom stereocenters. The number of carbonyl (C=O) groups excluding carboxylic acids is 2. The van der Waals surface area contributed by atoms with Gasteiger partial charge in [-0.3, -0.25) is 0 Å². The third kappa shape index (κ3) is 7.78. The van der Waals surface area contributed by atoms with Crippen molar-refractivity contribution in [1.82, 2.24) is 5.32 Å². The molecule has 0 saturated heterocycles. The maximum atomic E-state index is 12.3. The minimum atomic E-state index is -0.962. The molecule has 0 aliphatic carbocycles. The van der Waals surface area contributed by atoms with E-state index in [4.69, 9.17) is 9.47 Å². The molecule has 1 atom stereocenters. The highest BCUT2D eigenvalue weighted by Gasteiger charge is 2.26. The molecular weight excluding hydrogens is 326 g/mol. The van der Waals surface area contributed by atoms with Gasteiger partial charge in [0, 0.05) is 6.42 Å². The zero-order chi connectivity index (χ0) is 19.0. The molecule has 0 bridgehead atoms. The number of phenols is 2. The van der Waals surface area contributed by atoms with Crippen molar-refractivity contribution in [2.75, 3.05) is 6.61 Å². The zero-order valence-corrected chi connectivity index (χ0v) is 15.2. The van der Waals surface area contributed by atoms with Crippen molar-refractivity contribution in [2.24, 2.45) is 0 Å². The highest BCUT2D eigenvalue weighted by atomic mass is 16.6. The standard InChI is InChI=1S/C18H27NO6/c1-5-6-9-24-16(22)13(19-17(23)25-18(2,3)4)10-12-7-8-14(20)15(21)11-12/h7-8,11,13,20-21H,5-6,9-10H2,1-4H3,(H,19,23)/t13-/m0/s1. The molecule has 7 heteroatoms. The number of hydrogen-bond acceptors (Lipinski definition) is 6. The Kier molecular flexibility index (Phi) is 7.54. The largest absolute Gasteiger partial charge is 0.504 e. The van der Waals surface area contributed by atoms with E-state index in [1.54, 1.807) is 26.8 Å². The van der Waals surface area contributed by atoms with E-state index in [0.29, 0.717) is 5.56 Å². The van der Waals surface area contributed by atoms with E-state index in [0.717, 1.165) is 12.8 Å². The minimum Gasteiger partial charge on any atom is -0.504 e. The summed E-state index contributed by atoms with van der Waals surface area (Å²) in [6.45, 7) is 7.41. The molecule has 0 heterocycles. The molecule has 0 spiro atoms. The van der Waals surface area contributed by atoms with Crippen LogP contribution < -0.4 is 5.32 Å². The molecule has 1 aromatic rings. The number of nitrogens with one attached hydrogen (secondary N) is 1. The smallest absolute Gasteiger partial charge is 0.408 e. The van der Waals surface area contributed by atoms with Crippen molar-refractivity contribution in [3.8, 4) is 11.5 Å². The van der Waals surface area contributed by atoms with Crippen molar-refractivity contribution in [2.45, 2.75) is 58.6 Å². The van der Waals surface area contributed by atoms with E-state index in [1.807, 2.05) is 6.92 Å². The number of benzene rings is 1. The van der Waals surface area contributed by atoms with Gasteiger partial charge in [-0.05, 0) is 44.9 Å². The lowest BCUT2D eigenvalue weighted by atomic mass is 10.1. The van der Waals surface area contributed by atoms with Crippen LogP contribution in [0.25, 0.3) is 0 Å². The van der Waals surface area contributed by atoms with Gasteiger partial charge < -0.3 is 25.0 Å². The maximum Gasteiger partial charge on any atom is 0.408 e. The normalized spacial score (nSPS) is 12.3. The minimum absolute atomic E-state index is 0.0953. The number of aromatic hydroxyl groups is 2. The van der Waals surface area contributed by atoms with Gasteiger partial charge in [-0.15, -0.1) is 0 Å². The number of rotatable bonds is 7. The van der Waals surface area contributed by atoms with Crippen LogP contribution in [0.5, 0.6) is 11.5 Å². The molecule has 1 amide bonds. The average Bonchev–Trinajstić information content (AvgIpc) is 2.48. The van der Waals surface area contributed by atoms with E-state index >= 15 is 0 Å². The maximum absolute atomic E-state index is 12.3. The Balaban J connectivity index is 2.84. The lowest BCUT2D eigenvalue weighted by Crippen LogP contribution is -2.45. The summed E-state index contributed by atoms with van der Waals surface area (Å²) >= 11 is 0. The predicted octanol–water partition coefficient (Wildman–Crippen LogP) is 2.88. The van der Waals surface area contributed by atoms with Crippen LogP contribution in [0.3, 0.4) is 0 Å². The van der Waals surface area contributed by atoms with Crippen molar-refractivity contribution in [3.63, 3.8) is 0 Å². The average molecular weight is 353 g/mol. The van der Waals surface area contributed by atoms with Crippen molar-refractivity contribution >= 4 is 12.1 Å². The fourth-order valence-electron chi connectivity index (χ4n) is 1.99. The molecule has 0 fully saturated rings.